The number of hydrogen-bond donors (Lipinski definition) is 1. The third kappa shape index (κ3) is 2.75. The van der Waals surface area contributed by atoms with Gasteiger partial charge in [0.15, 0.2) is 6.10 Å². The van der Waals surface area contributed by atoms with E-state index >= 15 is 0 Å². The molecule has 1 saturated heterocycles. The monoisotopic (exact) mass is 219 g/mol. The van der Waals surface area contributed by atoms with E-state index < -0.39 is 0 Å². The number of hydrogen-bond acceptors (Lipinski definition) is 2. The highest BCUT2D eigenvalue weighted by Gasteiger charge is 2.22. The number of rotatable bonds is 2. The van der Waals surface area contributed by atoms with E-state index in [1.54, 1.807) is 0 Å². The first-order valence-electron chi connectivity index (χ1n) is 5.77. The molecule has 1 aromatic rings. The zero-order valence-electron chi connectivity index (χ0n) is 9.53. The van der Waals surface area contributed by atoms with Gasteiger partial charge in [0.2, 0.25) is 0 Å². The molecule has 1 aliphatic rings. The minimum atomic E-state index is -0.329. The maximum atomic E-state index is 11.7. The van der Waals surface area contributed by atoms with Crippen molar-refractivity contribution in [2.75, 3.05) is 6.54 Å². The molecule has 3 nitrogen and oxygen atoms in total. The Labute approximate surface area is 95.8 Å². The molecule has 1 atom stereocenters. The molecule has 16 heavy (non-hydrogen) atoms. The summed E-state index contributed by atoms with van der Waals surface area (Å²) in [5.41, 5.74) is 1.14. The highest BCUT2D eigenvalue weighted by atomic mass is 16.5. The van der Waals surface area contributed by atoms with Gasteiger partial charge >= 0.3 is 0 Å². The third-order valence-corrected chi connectivity index (χ3v) is 2.75. The molecule has 0 saturated carbocycles. The zero-order chi connectivity index (χ0) is 11.4. The van der Waals surface area contributed by atoms with Crippen molar-refractivity contribution < 1.29 is 9.53 Å². The number of aryl methyl sites for hydroxylation is 1. The minimum absolute atomic E-state index is 0.0130. The summed E-state index contributed by atoms with van der Waals surface area (Å²) in [7, 11) is 0. The molecule has 1 unspecified atom stereocenters. The number of nitrogens with one attached hydrogen (secondary N) is 1. The summed E-state index contributed by atoms with van der Waals surface area (Å²) in [6, 6.07) is 7.81. The van der Waals surface area contributed by atoms with Crippen molar-refractivity contribution in [1.29, 1.82) is 0 Å². The van der Waals surface area contributed by atoms with Crippen LogP contribution in [-0.4, -0.2) is 18.6 Å². The molecule has 0 aliphatic carbocycles. The largest absolute Gasteiger partial charge is 0.481 e. The van der Waals surface area contributed by atoms with Crippen LogP contribution in [0.2, 0.25) is 0 Å². The predicted molar refractivity (Wildman–Crippen MR) is 62.5 cm³/mol. The molecule has 1 N–H and O–H groups in total. The second-order valence-electron chi connectivity index (χ2n) is 4.21. The van der Waals surface area contributed by atoms with Gasteiger partial charge in [0.1, 0.15) is 5.75 Å². The summed E-state index contributed by atoms with van der Waals surface area (Å²) in [5.74, 6) is 0.793. The fourth-order valence-electron chi connectivity index (χ4n) is 1.88. The fourth-order valence-corrected chi connectivity index (χ4v) is 1.88. The number of carbonyl (C=O) groups is 1. The summed E-state index contributed by atoms with van der Waals surface area (Å²) >= 11 is 0. The quantitative estimate of drug-likeness (QED) is 0.826. The van der Waals surface area contributed by atoms with Gasteiger partial charge in [0.25, 0.3) is 5.91 Å². The summed E-state index contributed by atoms with van der Waals surface area (Å²) in [5, 5.41) is 2.87. The molecule has 1 aromatic carbocycles. The molecule has 1 aliphatic heterocycles. The summed E-state index contributed by atoms with van der Waals surface area (Å²) in [4.78, 5) is 11.7. The Bertz CT molecular complexity index is 376. The Hall–Kier alpha value is -1.51. The normalized spacial score (nSPS) is 21.1. The van der Waals surface area contributed by atoms with Crippen molar-refractivity contribution in [1.82, 2.24) is 5.32 Å². The van der Waals surface area contributed by atoms with Crippen LogP contribution in [-0.2, 0) is 4.79 Å². The molecule has 3 heteroatoms. The van der Waals surface area contributed by atoms with E-state index in [4.69, 9.17) is 4.74 Å². The first kappa shape index (κ1) is 11.0. The summed E-state index contributed by atoms with van der Waals surface area (Å²) < 4.78 is 5.72. The molecular formula is C13H17NO2. The molecule has 1 fully saturated rings. The minimum Gasteiger partial charge on any atom is -0.481 e. The SMILES string of the molecule is Cc1cccc(OC2CCCCNC2=O)c1. The van der Waals surface area contributed by atoms with E-state index in [2.05, 4.69) is 5.32 Å². The second-order valence-corrected chi connectivity index (χ2v) is 4.21. The van der Waals surface area contributed by atoms with Gasteiger partial charge in [0, 0.05) is 6.54 Å². The van der Waals surface area contributed by atoms with Crippen molar-refractivity contribution >= 4 is 5.91 Å². The summed E-state index contributed by atoms with van der Waals surface area (Å²) in [6.45, 7) is 2.78. The zero-order valence-corrected chi connectivity index (χ0v) is 9.53. The number of carbonyl (C=O) groups excluding carboxylic acids is 1. The van der Waals surface area contributed by atoms with Gasteiger partial charge in [-0.05, 0) is 43.9 Å². The fraction of sp³-hybridized carbons (Fsp3) is 0.462. The Morgan fingerprint density at radius 2 is 2.25 bits per heavy atom. The van der Waals surface area contributed by atoms with Gasteiger partial charge in [-0.1, -0.05) is 12.1 Å². The smallest absolute Gasteiger partial charge is 0.261 e. The Kier molecular flexibility index (Phi) is 3.44. The topological polar surface area (TPSA) is 38.3 Å². The lowest BCUT2D eigenvalue weighted by Gasteiger charge is -2.15. The van der Waals surface area contributed by atoms with E-state index in [9.17, 15) is 4.79 Å². The first-order valence-corrected chi connectivity index (χ1v) is 5.77. The van der Waals surface area contributed by atoms with Crippen LogP contribution in [0.25, 0.3) is 0 Å². The predicted octanol–water partition coefficient (Wildman–Crippen LogP) is 2.04. The number of benzene rings is 1. The highest BCUT2D eigenvalue weighted by molar-refractivity contribution is 5.81. The Balaban J connectivity index is 2.05. The number of amides is 1. The van der Waals surface area contributed by atoms with Gasteiger partial charge in [-0.3, -0.25) is 4.79 Å². The average molecular weight is 219 g/mol. The van der Waals surface area contributed by atoms with Crippen LogP contribution in [0.4, 0.5) is 0 Å². The van der Waals surface area contributed by atoms with Gasteiger partial charge in [-0.25, -0.2) is 0 Å². The van der Waals surface area contributed by atoms with Crippen LogP contribution in [0.5, 0.6) is 5.75 Å². The molecule has 0 aromatic heterocycles. The van der Waals surface area contributed by atoms with Gasteiger partial charge in [-0.15, -0.1) is 0 Å². The molecule has 86 valence electrons. The van der Waals surface area contributed by atoms with Crippen LogP contribution < -0.4 is 10.1 Å². The molecule has 0 bridgehead atoms. The van der Waals surface area contributed by atoms with E-state index in [-0.39, 0.29) is 12.0 Å². The molecular weight excluding hydrogens is 202 g/mol. The first-order chi connectivity index (χ1) is 7.75. The van der Waals surface area contributed by atoms with E-state index in [1.807, 2.05) is 31.2 Å². The van der Waals surface area contributed by atoms with Crippen molar-refractivity contribution in [3.63, 3.8) is 0 Å². The molecule has 1 amide bonds. The third-order valence-electron chi connectivity index (χ3n) is 2.75. The van der Waals surface area contributed by atoms with Crippen molar-refractivity contribution in [3.05, 3.63) is 29.8 Å². The maximum Gasteiger partial charge on any atom is 0.261 e. The Morgan fingerprint density at radius 3 is 3.06 bits per heavy atom. The van der Waals surface area contributed by atoms with Crippen LogP contribution in [0.15, 0.2) is 24.3 Å². The van der Waals surface area contributed by atoms with Gasteiger partial charge < -0.3 is 10.1 Å². The lowest BCUT2D eigenvalue weighted by atomic mass is 10.2. The second kappa shape index (κ2) is 5.01. The van der Waals surface area contributed by atoms with Crippen LogP contribution in [0.1, 0.15) is 24.8 Å². The van der Waals surface area contributed by atoms with Crippen LogP contribution >= 0.6 is 0 Å². The van der Waals surface area contributed by atoms with Gasteiger partial charge in [0.05, 0.1) is 0 Å². The lowest BCUT2D eigenvalue weighted by Crippen LogP contribution is -2.36. The standard InChI is InChI=1S/C13H17NO2/c1-10-5-4-6-11(9-10)16-12-7-2-3-8-14-13(12)15/h4-6,9,12H,2-3,7-8H2,1H3,(H,14,15). The lowest BCUT2D eigenvalue weighted by molar-refractivity contribution is -0.127. The Morgan fingerprint density at radius 1 is 1.38 bits per heavy atom. The molecule has 0 radical (unpaired) electrons. The van der Waals surface area contributed by atoms with Crippen LogP contribution in [0, 0.1) is 6.92 Å². The molecule has 2 rings (SSSR count). The van der Waals surface area contributed by atoms with Crippen LogP contribution in [0.3, 0.4) is 0 Å². The van der Waals surface area contributed by atoms with Crippen molar-refractivity contribution in [3.8, 4) is 5.75 Å². The average Bonchev–Trinajstić information content (AvgIpc) is 2.45. The van der Waals surface area contributed by atoms with Crippen molar-refractivity contribution in [2.24, 2.45) is 0 Å². The highest BCUT2D eigenvalue weighted by Crippen LogP contribution is 2.17. The van der Waals surface area contributed by atoms with E-state index in [0.29, 0.717) is 0 Å². The van der Waals surface area contributed by atoms with E-state index in [0.717, 1.165) is 37.1 Å². The van der Waals surface area contributed by atoms with Gasteiger partial charge in [-0.2, -0.15) is 0 Å². The molecule has 1 heterocycles. The number of ether oxygens (including phenoxy) is 1. The van der Waals surface area contributed by atoms with E-state index in [1.165, 1.54) is 0 Å². The maximum absolute atomic E-state index is 11.7. The summed E-state index contributed by atoms with van der Waals surface area (Å²) in [6.07, 6.45) is 2.55. The molecule has 0 spiro atoms. The van der Waals surface area contributed by atoms with Crippen molar-refractivity contribution in [2.45, 2.75) is 32.3 Å².